The number of anilines is 1. The minimum Gasteiger partial charge on any atom is -0.508 e. The van der Waals surface area contributed by atoms with Gasteiger partial charge in [0.15, 0.2) is 0 Å². The van der Waals surface area contributed by atoms with Gasteiger partial charge in [-0.25, -0.2) is 4.79 Å². The number of phenols is 1. The zero-order valence-electron chi connectivity index (χ0n) is 10.0. The highest BCUT2D eigenvalue weighted by atomic mass is 32.1. The number of rotatable bonds is 3. The van der Waals surface area contributed by atoms with Gasteiger partial charge in [0.05, 0.1) is 12.8 Å². The van der Waals surface area contributed by atoms with Gasteiger partial charge in [-0.1, -0.05) is 0 Å². The summed E-state index contributed by atoms with van der Waals surface area (Å²) in [6.45, 7) is 0. The Hall–Kier alpha value is -2.34. The molecule has 5 nitrogen and oxygen atoms in total. The average Bonchev–Trinajstić information content (AvgIpc) is 2.86. The molecule has 1 heterocycles. The van der Waals surface area contributed by atoms with Gasteiger partial charge in [0.2, 0.25) is 0 Å². The Balaban J connectivity index is 2.17. The summed E-state index contributed by atoms with van der Waals surface area (Å²) in [6, 6.07) is 7.46. The number of benzene rings is 1. The standard InChI is InChI=1S/C13H11NO4S/c1-18-13(17)11-10(6-7-19-11)14-12(16)8-2-4-9(15)5-3-8/h2-7,15H,1H3,(H,14,16). The maximum atomic E-state index is 11.9. The molecule has 0 fully saturated rings. The third-order valence-electron chi connectivity index (χ3n) is 2.41. The Morgan fingerprint density at radius 2 is 1.89 bits per heavy atom. The lowest BCUT2D eigenvalue weighted by Crippen LogP contribution is -2.13. The zero-order chi connectivity index (χ0) is 13.8. The highest BCUT2D eigenvalue weighted by Crippen LogP contribution is 2.23. The first-order valence-electron chi connectivity index (χ1n) is 5.38. The molecule has 0 radical (unpaired) electrons. The Kier molecular flexibility index (Phi) is 3.82. The fraction of sp³-hybridized carbons (Fsp3) is 0.0769. The molecule has 0 unspecified atom stereocenters. The molecule has 2 aromatic rings. The summed E-state index contributed by atoms with van der Waals surface area (Å²) >= 11 is 1.19. The van der Waals surface area contributed by atoms with Gasteiger partial charge in [0, 0.05) is 5.56 Å². The monoisotopic (exact) mass is 277 g/mol. The first-order chi connectivity index (χ1) is 9.11. The van der Waals surface area contributed by atoms with Gasteiger partial charge in [-0.05, 0) is 35.7 Å². The Morgan fingerprint density at radius 1 is 1.21 bits per heavy atom. The van der Waals surface area contributed by atoms with E-state index in [1.165, 1.54) is 42.7 Å². The average molecular weight is 277 g/mol. The van der Waals surface area contributed by atoms with Crippen LogP contribution in [0, 0.1) is 0 Å². The van der Waals surface area contributed by atoms with Crippen LogP contribution in [0.3, 0.4) is 0 Å². The van der Waals surface area contributed by atoms with Crippen molar-refractivity contribution in [3.63, 3.8) is 0 Å². The van der Waals surface area contributed by atoms with Gasteiger partial charge in [0.25, 0.3) is 5.91 Å². The number of hydrogen-bond donors (Lipinski definition) is 2. The topological polar surface area (TPSA) is 75.6 Å². The number of amides is 1. The second-order valence-electron chi connectivity index (χ2n) is 3.66. The van der Waals surface area contributed by atoms with E-state index in [0.717, 1.165) is 0 Å². The summed E-state index contributed by atoms with van der Waals surface area (Å²) in [7, 11) is 1.29. The molecule has 2 rings (SSSR count). The van der Waals surface area contributed by atoms with Crippen LogP contribution < -0.4 is 5.32 Å². The summed E-state index contributed by atoms with van der Waals surface area (Å²) < 4.78 is 4.63. The number of thiophene rings is 1. The van der Waals surface area contributed by atoms with Gasteiger partial charge < -0.3 is 15.2 Å². The second-order valence-corrected chi connectivity index (χ2v) is 4.57. The number of carbonyl (C=O) groups is 2. The van der Waals surface area contributed by atoms with Crippen LogP contribution in [0.4, 0.5) is 5.69 Å². The maximum absolute atomic E-state index is 11.9. The minimum atomic E-state index is -0.490. The van der Waals surface area contributed by atoms with Crippen molar-refractivity contribution in [1.29, 1.82) is 0 Å². The van der Waals surface area contributed by atoms with Crippen LogP contribution in [0.1, 0.15) is 20.0 Å². The van der Waals surface area contributed by atoms with Crippen molar-refractivity contribution in [3.8, 4) is 5.75 Å². The van der Waals surface area contributed by atoms with Crippen LogP contribution in [0.15, 0.2) is 35.7 Å². The van der Waals surface area contributed by atoms with Crippen LogP contribution >= 0.6 is 11.3 Å². The van der Waals surface area contributed by atoms with E-state index < -0.39 is 5.97 Å². The van der Waals surface area contributed by atoms with E-state index in [-0.39, 0.29) is 11.7 Å². The van der Waals surface area contributed by atoms with Gasteiger partial charge >= 0.3 is 5.97 Å². The number of carbonyl (C=O) groups excluding carboxylic acids is 2. The second kappa shape index (κ2) is 5.53. The molecular formula is C13H11NO4S. The molecule has 0 bridgehead atoms. The molecule has 6 heteroatoms. The lowest BCUT2D eigenvalue weighted by molar-refractivity contribution is 0.0607. The van der Waals surface area contributed by atoms with Crippen LogP contribution in [0.2, 0.25) is 0 Å². The van der Waals surface area contributed by atoms with E-state index in [0.29, 0.717) is 16.1 Å². The number of esters is 1. The number of methoxy groups -OCH3 is 1. The third kappa shape index (κ3) is 2.92. The van der Waals surface area contributed by atoms with Crippen molar-refractivity contribution in [3.05, 3.63) is 46.2 Å². The number of phenolic OH excluding ortho intramolecular Hbond substituents is 1. The zero-order valence-corrected chi connectivity index (χ0v) is 10.9. The van der Waals surface area contributed by atoms with Crippen molar-refractivity contribution in [1.82, 2.24) is 0 Å². The largest absolute Gasteiger partial charge is 0.508 e. The highest BCUT2D eigenvalue weighted by Gasteiger charge is 2.16. The number of ether oxygens (including phenoxy) is 1. The van der Waals surface area contributed by atoms with E-state index in [4.69, 9.17) is 5.11 Å². The van der Waals surface area contributed by atoms with Crippen LogP contribution in [-0.2, 0) is 4.74 Å². The lowest BCUT2D eigenvalue weighted by Gasteiger charge is -2.05. The first-order valence-corrected chi connectivity index (χ1v) is 6.26. The van der Waals surface area contributed by atoms with Crippen molar-refractivity contribution in [2.75, 3.05) is 12.4 Å². The molecule has 1 aromatic heterocycles. The van der Waals surface area contributed by atoms with Crippen LogP contribution in [0.25, 0.3) is 0 Å². The minimum absolute atomic E-state index is 0.0855. The molecule has 1 aromatic carbocycles. The van der Waals surface area contributed by atoms with E-state index in [1.54, 1.807) is 11.4 Å². The molecule has 0 aliphatic heterocycles. The van der Waals surface area contributed by atoms with E-state index in [9.17, 15) is 9.59 Å². The van der Waals surface area contributed by atoms with Gasteiger partial charge in [-0.15, -0.1) is 11.3 Å². The third-order valence-corrected chi connectivity index (χ3v) is 3.31. The highest BCUT2D eigenvalue weighted by molar-refractivity contribution is 7.12. The Bertz CT molecular complexity index is 603. The summed E-state index contributed by atoms with van der Waals surface area (Å²) in [6.07, 6.45) is 0. The molecule has 2 N–H and O–H groups in total. The normalized spacial score (nSPS) is 9.95. The maximum Gasteiger partial charge on any atom is 0.350 e. The van der Waals surface area contributed by atoms with Crippen molar-refractivity contribution in [2.45, 2.75) is 0 Å². The predicted octanol–water partition coefficient (Wildman–Crippen LogP) is 2.49. The summed E-state index contributed by atoms with van der Waals surface area (Å²) in [5.41, 5.74) is 0.801. The summed E-state index contributed by atoms with van der Waals surface area (Å²) in [4.78, 5) is 23.8. The van der Waals surface area contributed by atoms with Crippen molar-refractivity contribution >= 4 is 28.9 Å². The first kappa shape index (κ1) is 13.1. The molecule has 0 atom stereocenters. The quantitative estimate of drug-likeness (QED) is 0.845. The van der Waals surface area contributed by atoms with Crippen molar-refractivity contribution in [2.24, 2.45) is 0 Å². The Labute approximate surface area is 113 Å². The predicted molar refractivity (Wildman–Crippen MR) is 71.7 cm³/mol. The fourth-order valence-electron chi connectivity index (χ4n) is 1.47. The van der Waals surface area contributed by atoms with Gasteiger partial charge in [-0.2, -0.15) is 0 Å². The number of aromatic hydroxyl groups is 1. The fourth-order valence-corrected chi connectivity index (χ4v) is 2.23. The molecule has 19 heavy (non-hydrogen) atoms. The molecule has 1 amide bonds. The molecule has 0 aliphatic carbocycles. The van der Waals surface area contributed by atoms with E-state index in [2.05, 4.69) is 10.1 Å². The molecular weight excluding hydrogens is 266 g/mol. The molecule has 0 spiro atoms. The molecule has 0 aliphatic rings. The van der Waals surface area contributed by atoms with Gasteiger partial charge in [-0.3, -0.25) is 4.79 Å². The molecule has 98 valence electrons. The van der Waals surface area contributed by atoms with Gasteiger partial charge in [0.1, 0.15) is 10.6 Å². The van der Waals surface area contributed by atoms with E-state index in [1.807, 2.05) is 0 Å². The van der Waals surface area contributed by atoms with Crippen molar-refractivity contribution < 1.29 is 19.4 Å². The molecule has 0 saturated heterocycles. The Morgan fingerprint density at radius 3 is 2.53 bits per heavy atom. The van der Waals surface area contributed by atoms with Crippen LogP contribution in [-0.4, -0.2) is 24.1 Å². The summed E-state index contributed by atoms with van der Waals surface area (Å²) in [5.74, 6) is -0.762. The number of hydrogen-bond acceptors (Lipinski definition) is 5. The smallest absolute Gasteiger partial charge is 0.350 e. The summed E-state index contributed by atoms with van der Waals surface area (Å²) in [5, 5.41) is 13.5. The SMILES string of the molecule is COC(=O)c1sccc1NC(=O)c1ccc(O)cc1. The lowest BCUT2D eigenvalue weighted by atomic mass is 10.2. The number of nitrogens with one attached hydrogen (secondary N) is 1. The molecule has 0 saturated carbocycles. The van der Waals surface area contributed by atoms with E-state index >= 15 is 0 Å². The van der Waals surface area contributed by atoms with Crippen LogP contribution in [0.5, 0.6) is 5.75 Å².